The van der Waals surface area contributed by atoms with Crippen molar-refractivity contribution in [3.63, 3.8) is 0 Å². The first-order valence-electron chi connectivity index (χ1n) is 3.26. The van der Waals surface area contributed by atoms with Gasteiger partial charge in [0.2, 0.25) is 0 Å². The lowest BCUT2D eigenvalue weighted by Gasteiger charge is -2.06. The normalized spacial score (nSPS) is 12.7. The van der Waals surface area contributed by atoms with Gasteiger partial charge in [0, 0.05) is 7.11 Å². The molecule has 0 aromatic carbocycles. The molecule has 0 aliphatic rings. The molecule has 0 aromatic heterocycles. The Labute approximate surface area is 84.2 Å². The fourth-order valence-corrected chi connectivity index (χ4v) is 1.48. The van der Waals surface area contributed by atoms with Crippen molar-refractivity contribution in [1.82, 2.24) is 0 Å². The largest absolute Gasteiger partial charge is 0.359 e. The number of methoxy groups -OCH3 is 1. The molecule has 0 saturated heterocycles. The van der Waals surface area contributed by atoms with Crippen LogP contribution in [-0.4, -0.2) is 20.5 Å². The molecule has 0 unspecified atom stereocenters. The highest BCUT2D eigenvalue weighted by Gasteiger charge is 1.97. The van der Waals surface area contributed by atoms with Gasteiger partial charge >= 0.3 is 0 Å². The molecule has 0 radical (unpaired) electrons. The second-order valence-electron chi connectivity index (χ2n) is 2.21. The third-order valence-electron chi connectivity index (χ3n) is 0.992. The minimum atomic E-state index is 0.359. The Morgan fingerprint density at radius 2 is 2.18 bits per heavy atom. The van der Waals surface area contributed by atoms with Crippen LogP contribution in [-0.2, 0) is 9.47 Å². The molecule has 11 heavy (non-hydrogen) atoms. The molecule has 0 N–H and O–H groups in total. The summed E-state index contributed by atoms with van der Waals surface area (Å²) in [6.07, 6.45) is 2.02. The predicted octanol–water partition coefficient (Wildman–Crippen LogP) is 2.87. The third-order valence-corrected chi connectivity index (χ3v) is 1.52. The Morgan fingerprint density at radius 1 is 1.55 bits per heavy atom. The fourth-order valence-electron chi connectivity index (χ4n) is 0.581. The third kappa shape index (κ3) is 8.53. The number of halogens is 2. The maximum Gasteiger partial charge on any atom is 0.146 e. The first kappa shape index (κ1) is 11.6. The van der Waals surface area contributed by atoms with E-state index in [1.54, 1.807) is 7.11 Å². The average molecular weight is 288 g/mol. The van der Waals surface area contributed by atoms with E-state index in [9.17, 15) is 0 Å². The zero-order valence-corrected chi connectivity index (χ0v) is 9.81. The molecule has 0 spiro atoms. The first-order valence-corrected chi connectivity index (χ1v) is 4.85. The van der Waals surface area contributed by atoms with E-state index >= 15 is 0 Å². The number of hydrogen-bond acceptors (Lipinski definition) is 2. The van der Waals surface area contributed by atoms with Gasteiger partial charge in [-0.15, -0.1) is 0 Å². The van der Waals surface area contributed by atoms with Gasteiger partial charge in [0.05, 0.1) is 10.00 Å². The standard InChI is InChI=1S/C7H12Br2O2/c1-6(3-7(8)9)4-11-5-10-2/h3,6H,4-5H2,1-2H3/t6-/m0/s1. The summed E-state index contributed by atoms with van der Waals surface area (Å²) in [6, 6.07) is 0. The molecule has 0 aromatic rings. The summed E-state index contributed by atoms with van der Waals surface area (Å²) in [6.45, 7) is 3.10. The Bertz CT molecular complexity index is 122. The molecule has 0 fully saturated rings. The van der Waals surface area contributed by atoms with E-state index in [1.807, 2.05) is 6.08 Å². The second-order valence-corrected chi connectivity index (χ2v) is 4.98. The second kappa shape index (κ2) is 7.28. The van der Waals surface area contributed by atoms with Crippen molar-refractivity contribution in [3.8, 4) is 0 Å². The number of hydrogen-bond donors (Lipinski definition) is 0. The van der Waals surface area contributed by atoms with Crippen molar-refractivity contribution in [2.75, 3.05) is 20.5 Å². The first-order chi connectivity index (χ1) is 5.16. The summed E-state index contributed by atoms with van der Waals surface area (Å²) in [7, 11) is 1.61. The van der Waals surface area contributed by atoms with Crippen molar-refractivity contribution in [2.45, 2.75) is 6.92 Å². The van der Waals surface area contributed by atoms with E-state index in [2.05, 4.69) is 38.8 Å². The molecule has 0 bridgehead atoms. The van der Waals surface area contributed by atoms with Crippen LogP contribution in [0.3, 0.4) is 0 Å². The van der Waals surface area contributed by atoms with Crippen LogP contribution in [0.1, 0.15) is 6.92 Å². The minimum Gasteiger partial charge on any atom is -0.359 e. The van der Waals surface area contributed by atoms with Crippen molar-refractivity contribution < 1.29 is 9.47 Å². The van der Waals surface area contributed by atoms with E-state index in [1.165, 1.54) is 0 Å². The highest BCUT2D eigenvalue weighted by atomic mass is 79.9. The monoisotopic (exact) mass is 286 g/mol. The summed E-state index contributed by atoms with van der Waals surface area (Å²) >= 11 is 6.55. The van der Waals surface area contributed by atoms with Gasteiger partial charge in [0.1, 0.15) is 6.79 Å². The van der Waals surface area contributed by atoms with Crippen molar-refractivity contribution >= 4 is 31.9 Å². The lowest BCUT2D eigenvalue weighted by Crippen LogP contribution is -2.05. The van der Waals surface area contributed by atoms with Gasteiger partial charge in [-0.2, -0.15) is 0 Å². The van der Waals surface area contributed by atoms with Crippen molar-refractivity contribution in [2.24, 2.45) is 5.92 Å². The molecular weight excluding hydrogens is 276 g/mol. The maximum absolute atomic E-state index is 5.14. The van der Waals surface area contributed by atoms with Crippen LogP contribution in [0.25, 0.3) is 0 Å². The quantitative estimate of drug-likeness (QED) is 0.572. The molecule has 0 aliphatic heterocycles. The molecular formula is C7H12Br2O2. The van der Waals surface area contributed by atoms with Crippen LogP contribution in [0.2, 0.25) is 0 Å². The van der Waals surface area contributed by atoms with Crippen molar-refractivity contribution in [3.05, 3.63) is 9.47 Å². The van der Waals surface area contributed by atoms with Gasteiger partial charge in [-0.1, -0.05) is 13.0 Å². The highest BCUT2D eigenvalue weighted by Crippen LogP contribution is 2.16. The Balaban J connectivity index is 3.37. The van der Waals surface area contributed by atoms with Gasteiger partial charge in [0.15, 0.2) is 0 Å². The summed E-state index contributed by atoms with van der Waals surface area (Å²) in [5.74, 6) is 0.388. The average Bonchev–Trinajstić information content (AvgIpc) is 1.86. The topological polar surface area (TPSA) is 18.5 Å². The van der Waals surface area contributed by atoms with Crippen LogP contribution < -0.4 is 0 Å². The predicted molar refractivity (Wildman–Crippen MR) is 52.9 cm³/mol. The Hall–Kier alpha value is 0.620. The lowest BCUT2D eigenvalue weighted by molar-refractivity contribution is -0.0371. The zero-order valence-electron chi connectivity index (χ0n) is 6.64. The Kier molecular flexibility index (Phi) is 7.69. The fraction of sp³-hybridized carbons (Fsp3) is 0.714. The molecule has 0 saturated carbocycles. The summed E-state index contributed by atoms with van der Waals surface area (Å²) in [4.78, 5) is 0. The van der Waals surface area contributed by atoms with Gasteiger partial charge in [-0.05, 0) is 37.8 Å². The van der Waals surface area contributed by atoms with Crippen LogP contribution in [0.15, 0.2) is 9.47 Å². The molecule has 66 valence electrons. The number of ether oxygens (including phenoxy) is 2. The van der Waals surface area contributed by atoms with Gasteiger partial charge in [-0.25, -0.2) is 0 Å². The highest BCUT2D eigenvalue weighted by molar-refractivity contribution is 9.28. The van der Waals surface area contributed by atoms with E-state index in [0.29, 0.717) is 19.3 Å². The van der Waals surface area contributed by atoms with Gasteiger partial charge < -0.3 is 9.47 Å². The molecule has 4 heteroatoms. The smallest absolute Gasteiger partial charge is 0.146 e. The maximum atomic E-state index is 5.14. The van der Waals surface area contributed by atoms with Gasteiger partial charge in [0.25, 0.3) is 0 Å². The summed E-state index contributed by atoms with van der Waals surface area (Å²) < 4.78 is 10.8. The molecule has 0 amide bonds. The summed E-state index contributed by atoms with van der Waals surface area (Å²) in [5.41, 5.74) is 0. The SMILES string of the molecule is COCOC[C@@H](C)C=C(Br)Br. The van der Waals surface area contributed by atoms with Crippen LogP contribution in [0.5, 0.6) is 0 Å². The minimum absolute atomic E-state index is 0.359. The van der Waals surface area contributed by atoms with E-state index < -0.39 is 0 Å². The molecule has 1 atom stereocenters. The van der Waals surface area contributed by atoms with Crippen LogP contribution >= 0.6 is 31.9 Å². The molecule has 0 rings (SSSR count). The molecule has 0 aliphatic carbocycles. The van der Waals surface area contributed by atoms with E-state index in [0.717, 1.165) is 3.39 Å². The van der Waals surface area contributed by atoms with E-state index in [-0.39, 0.29) is 0 Å². The lowest BCUT2D eigenvalue weighted by atomic mass is 10.2. The van der Waals surface area contributed by atoms with E-state index in [4.69, 9.17) is 9.47 Å². The van der Waals surface area contributed by atoms with Crippen LogP contribution in [0.4, 0.5) is 0 Å². The molecule has 0 heterocycles. The summed E-state index contributed by atoms with van der Waals surface area (Å²) in [5, 5.41) is 0. The van der Waals surface area contributed by atoms with Crippen LogP contribution in [0, 0.1) is 5.92 Å². The van der Waals surface area contributed by atoms with Gasteiger partial charge in [-0.3, -0.25) is 0 Å². The molecule has 2 nitrogen and oxygen atoms in total. The van der Waals surface area contributed by atoms with Crippen molar-refractivity contribution in [1.29, 1.82) is 0 Å². The zero-order chi connectivity index (χ0) is 8.69. The Morgan fingerprint density at radius 3 is 2.64 bits per heavy atom. The number of rotatable bonds is 5.